The summed E-state index contributed by atoms with van der Waals surface area (Å²) in [5, 5.41) is 31.4. The molecule has 1 aliphatic heterocycles. The second-order valence-electron chi connectivity index (χ2n) is 5.26. The van der Waals surface area contributed by atoms with Crippen LogP contribution in [0.25, 0.3) is 0 Å². The van der Waals surface area contributed by atoms with Crippen LogP contribution in [0.4, 0.5) is 11.5 Å². The number of ether oxygens (including phenoxy) is 1. The van der Waals surface area contributed by atoms with Gasteiger partial charge < -0.3 is 25.4 Å². The number of rotatable bonds is 4. The Kier molecular flexibility index (Phi) is 4.28. The van der Waals surface area contributed by atoms with E-state index in [4.69, 9.17) is 9.84 Å². The molecule has 3 rings (SSSR count). The summed E-state index contributed by atoms with van der Waals surface area (Å²) in [5.41, 5.74) is -0.119. The number of para-hydroxylation sites is 2. The van der Waals surface area contributed by atoms with Crippen LogP contribution < -0.4 is 11.0 Å². The first kappa shape index (κ1) is 15.5. The monoisotopic (exact) mass is 319 g/mol. The van der Waals surface area contributed by atoms with E-state index in [0.717, 1.165) is 0 Å². The zero-order valence-corrected chi connectivity index (χ0v) is 12.2. The zero-order chi connectivity index (χ0) is 16.4. The molecule has 0 bridgehead atoms. The number of aromatic hydroxyl groups is 1. The van der Waals surface area contributed by atoms with Crippen molar-refractivity contribution < 1.29 is 20.1 Å². The minimum absolute atomic E-state index is 0.0477. The second-order valence-corrected chi connectivity index (χ2v) is 5.26. The lowest BCUT2D eigenvalue weighted by Gasteiger charge is -2.15. The lowest BCUT2D eigenvalue weighted by atomic mass is 10.2. The highest BCUT2D eigenvalue weighted by Gasteiger charge is 2.34. The van der Waals surface area contributed by atoms with Crippen molar-refractivity contribution >= 4 is 11.5 Å². The van der Waals surface area contributed by atoms with Crippen molar-refractivity contribution in [3.63, 3.8) is 0 Å². The Morgan fingerprint density at radius 3 is 2.78 bits per heavy atom. The van der Waals surface area contributed by atoms with E-state index in [2.05, 4.69) is 10.3 Å². The Hall–Kier alpha value is -2.42. The highest BCUT2D eigenvalue weighted by molar-refractivity contribution is 5.62. The summed E-state index contributed by atoms with van der Waals surface area (Å²) in [4.78, 5) is 16.0. The summed E-state index contributed by atoms with van der Waals surface area (Å²) >= 11 is 0. The van der Waals surface area contributed by atoms with Gasteiger partial charge in [0, 0.05) is 12.6 Å². The van der Waals surface area contributed by atoms with Gasteiger partial charge in [-0.1, -0.05) is 12.1 Å². The maximum atomic E-state index is 12.1. The fourth-order valence-corrected chi connectivity index (χ4v) is 2.47. The SMILES string of the molecule is O=c1nc(Nc2ccccc2O)ccn1[C@H]1CC(O)C(CO)O1. The fourth-order valence-electron chi connectivity index (χ4n) is 2.47. The van der Waals surface area contributed by atoms with E-state index in [9.17, 15) is 15.0 Å². The van der Waals surface area contributed by atoms with Gasteiger partial charge in [-0.05, 0) is 18.2 Å². The highest BCUT2D eigenvalue weighted by atomic mass is 16.5. The third-order valence-corrected chi connectivity index (χ3v) is 3.69. The second kappa shape index (κ2) is 6.37. The number of aromatic nitrogens is 2. The molecule has 4 N–H and O–H groups in total. The van der Waals surface area contributed by atoms with E-state index < -0.39 is 24.1 Å². The molecule has 2 aromatic rings. The van der Waals surface area contributed by atoms with Gasteiger partial charge in [0.1, 0.15) is 23.9 Å². The van der Waals surface area contributed by atoms with Crippen molar-refractivity contribution in [2.24, 2.45) is 0 Å². The van der Waals surface area contributed by atoms with Gasteiger partial charge in [0.25, 0.3) is 0 Å². The normalized spacial score (nSPS) is 23.8. The Balaban J connectivity index is 1.79. The highest BCUT2D eigenvalue weighted by Crippen LogP contribution is 2.28. The Bertz CT molecular complexity index is 748. The van der Waals surface area contributed by atoms with Gasteiger partial charge >= 0.3 is 5.69 Å². The van der Waals surface area contributed by atoms with Crippen LogP contribution in [0.2, 0.25) is 0 Å². The van der Waals surface area contributed by atoms with Crippen LogP contribution in [0.5, 0.6) is 5.75 Å². The Morgan fingerprint density at radius 2 is 2.13 bits per heavy atom. The number of benzene rings is 1. The van der Waals surface area contributed by atoms with Crippen LogP contribution in [0.15, 0.2) is 41.3 Å². The van der Waals surface area contributed by atoms with Crippen molar-refractivity contribution in [1.29, 1.82) is 0 Å². The van der Waals surface area contributed by atoms with E-state index >= 15 is 0 Å². The molecule has 1 aromatic carbocycles. The van der Waals surface area contributed by atoms with Gasteiger partial charge in [0.05, 0.1) is 18.4 Å². The molecule has 1 saturated heterocycles. The average molecular weight is 319 g/mol. The predicted molar refractivity (Wildman–Crippen MR) is 81.5 cm³/mol. The molecule has 8 nitrogen and oxygen atoms in total. The minimum atomic E-state index is -0.823. The third-order valence-electron chi connectivity index (χ3n) is 3.69. The molecule has 122 valence electrons. The number of hydrogen-bond acceptors (Lipinski definition) is 7. The smallest absolute Gasteiger partial charge is 0.351 e. The standard InChI is InChI=1S/C15H17N3O5/c19-8-12-11(21)7-14(23-12)18-6-5-13(17-15(18)22)16-9-3-1-2-4-10(9)20/h1-6,11-12,14,19-21H,7-8H2,(H,16,17,22)/t11?,12?,14-/m1/s1. The number of phenolic OH excluding ortho intramolecular Hbond substituents is 1. The molecule has 0 aliphatic carbocycles. The van der Waals surface area contributed by atoms with Crippen LogP contribution in [0, 0.1) is 0 Å². The van der Waals surface area contributed by atoms with Crippen molar-refractivity contribution in [1.82, 2.24) is 9.55 Å². The molecule has 1 aromatic heterocycles. The van der Waals surface area contributed by atoms with Crippen LogP contribution in [-0.4, -0.2) is 43.7 Å². The lowest BCUT2D eigenvalue weighted by Crippen LogP contribution is -2.27. The molecule has 0 radical (unpaired) electrons. The zero-order valence-electron chi connectivity index (χ0n) is 12.2. The first-order valence-electron chi connectivity index (χ1n) is 7.17. The van der Waals surface area contributed by atoms with E-state index in [1.165, 1.54) is 16.8 Å². The Labute approximate surface area is 131 Å². The summed E-state index contributed by atoms with van der Waals surface area (Å²) < 4.78 is 6.69. The van der Waals surface area contributed by atoms with E-state index in [-0.39, 0.29) is 24.6 Å². The number of nitrogens with one attached hydrogen (secondary N) is 1. The summed E-state index contributed by atoms with van der Waals surface area (Å²) in [7, 11) is 0. The van der Waals surface area contributed by atoms with Crippen LogP contribution >= 0.6 is 0 Å². The van der Waals surface area contributed by atoms with Crippen LogP contribution in [0.3, 0.4) is 0 Å². The number of nitrogens with zero attached hydrogens (tertiary/aromatic N) is 2. The van der Waals surface area contributed by atoms with Gasteiger partial charge in [-0.25, -0.2) is 4.79 Å². The third kappa shape index (κ3) is 3.19. The molecule has 3 atom stereocenters. The lowest BCUT2D eigenvalue weighted by molar-refractivity contribution is -0.0458. The van der Waals surface area contributed by atoms with Crippen LogP contribution in [-0.2, 0) is 4.74 Å². The fraction of sp³-hybridized carbons (Fsp3) is 0.333. The first-order chi connectivity index (χ1) is 11.1. The predicted octanol–water partition coefficient (Wildman–Crippen LogP) is 0.333. The van der Waals surface area contributed by atoms with Gasteiger partial charge in [-0.3, -0.25) is 4.57 Å². The molecule has 23 heavy (non-hydrogen) atoms. The summed E-state index contributed by atoms with van der Waals surface area (Å²) in [6.45, 7) is -0.313. The van der Waals surface area contributed by atoms with E-state index in [1.807, 2.05) is 0 Å². The molecule has 8 heteroatoms. The number of anilines is 2. The molecule has 1 fully saturated rings. The van der Waals surface area contributed by atoms with Crippen molar-refractivity contribution in [3.8, 4) is 5.75 Å². The molecule has 2 heterocycles. The number of phenols is 1. The van der Waals surface area contributed by atoms with Crippen molar-refractivity contribution in [2.75, 3.05) is 11.9 Å². The summed E-state index contributed by atoms with van der Waals surface area (Å²) in [5.74, 6) is 0.330. The minimum Gasteiger partial charge on any atom is -0.506 e. The average Bonchev–Trinajstić information content (AvgIpc) is 2.90. The molecule has 1 aliphatic rings. The molecular weight excluding hydrogens is 302 g/mol. The molecule has 0 amide bonds. The summed E-state index contributed by atoms with van der Waals surface area (Å²) in [6, 6.07) is 8.17. The summed E-state index contributed by atoms with van der Waals surface area (Å²) in [6.07, 6.45) is -0.489. The number of hydrogen-bond donors (Lipinski definition) is 4. The number of aliphatic hydroxyl groups excluding tert-OH is 2. The van der Waals surface area contributed by atoms with E-state index in [1.54, 1.807) is 24.3 Å². The van der Waals surface area contributed by atoms with Gasteiger partial charge in [0.2, 0.25) is 0 Å². The molecule has 0 saturated carbocycles. The maximum Gasteiger partial charge on any atom is 0.351 e. The topological polar surface area (TPSA) is 117 Å². The molecule has 0 spiro atoms. The van der Waals surface area contributed by atoms with Crippen molar-refractivity contribution in [3.05, 3.63) is 47.0 Å². The first-order valence-corrected chi connectivity index (χ1v) is 7.17. The molecule has 2 unspecified atom stereocenters. The van der Waals surface area contributed by atoms with Gasteiger partial charge in [-0.15, -0.1) is 0 Å². The number of aliphatic hydroxyl groups is 2. The maximum absolute atomic E-state index is 12.1. The van der Waals surface area contributed by atoms with Crippen molar-refractivity contribution in [2.45, 2.75) is 24.9 Å². The molecular formula is C15H17N3O5. The van der Waals surface area contributed by atoms with Crippen LogP contribution in [0.1, 0.15) is 12.6 Å². The Morgan fingerprint density at radius 1 is 1.35 bits per heavy atom. The van der Waals surface area contributed by atoms with Gasteiger partial charge in [0.15, 0.2) is 0 Å². The largest absolute Gasteiger partial charge is 0.506 e. The van der Waals surface area contributed by atoms with Gasteiger partial charge in [-0.2, -0.15) is 4.98 Å². The quantitative estimate of drug-likeness (QED) is 0.600. The van der Waals surface area contributed by atoms with E-state index in [0.29, 0.717) is 5.69 Å².